The Balaban J connectivity index is 1.25. The van der Waals surface area contributed by atoms with Gasteiger partial charge in [-0.3, -0.25) is 14.7 Å². The molecular weight excluding hydrogens is 524 g/mol. The van der Waals surface area contributed by atoms with Crippen LogP contribution in [0.1, 0.15) is 70.8 Å². The number of piperidine rings is 1. The lowest BCUT2D eigenvalue weighted by Crippen LogP contribution is -2.46. The molecule has 208 valence electrons. The lowest BCUT2D eigenvalue weighted by molar-refractivity contribution is 0.0556. The number of ketones is 1. The molecule has 2 saturated heterocycles. The van der Waals surface area contributed by atoms with Crippen molar-refractivity contribution < 1.29 is 9.59 Å². The largest absolute Gasteiger partial charge is 0.383 e. The van der Waals surface area contributed by atoms with Crippen molar-refractivity contribution >= 4 is 29.1 Å². The fourth-order valence-electron chi connectivity index (χ4n) is 6.34. The van der Waals surface area contributed by atoms with E-state index < -0.39 is 0 Å². The number of nitrogens with two attached hydrogens (primary N) is 2. The average molecular weight is 553 g/mol. The van der Waals surface area contributed by atoms with Gasteiger partial charge in [0.25, 0.3) is 5.91 Å². The molecule has 5 aromatic heterocycles. The number of H-pyrrole nitrogens is 1. The Bertz CT molecular complexity index is 1800. The van der Waals surface area contributed by atoms with Gasteiger partial charge in [0.15, 0.2) is 17.2 Å². The Hall–Kier alpha value is -5.14. The van der Waals surface area contributed by atoms with E-state index in [2.05, 4.69) is 30.4 Å². The van der Waals surface area contributed by atoms with Crippen molar-refractivity contribution in [1.29, 1.82) is 0 Å². The summed E-state index contributed by atoms with van der Waals surface area (Å²) in [6.45, 7) is 3.47. The summed E-state index contributed by atoms with van der Waals surface area (Å²) < 4.78 is 3.23. The van der Waals surface area contributed by atoms with E-state index in [0.717, 1.165) is 29.5 Å². The van der Waals surface area contributed by atoms with Gasteiger partial charge in [-0.2, -0.15) is 19.7 Å². The number of nitrogens with zero attached hydrogens (tertiary/aromatic N) is 9. The van der Waals surface area contributed by atoms with Gasteiger partial charge in [-0.25, -0.2) is 14.6 Å². The Morgan fingerprint density at radius 2 is 1.80 bits per heavy atom. The molecule has 2 atom stereocenters. The zero-order chi connectivity index (χ0) is 28.4. The van der Waals surface area contributed by atoms with Crippen molar-refractivity contribution in [3.63, 3.8) is 0 Å². The number of aromatic amines is 1. The van der Waals surface area contributed by atoms with E-state index in [1.807, 2.05) is 30.2 Å². The Labute approximate surface area is 233 Å². The molecule has 2 fully saturated rings. The van der Waals surface area contributed by atoms with Gasteiger partial charge >= 0.3 is 0 Å². The highest BCUT2D eigenvalue weighted by atomic mass is 16.2. The molecule has 2 bridgehead atoms. The van der Waals surface area contributed by atoms with Crippen molar-refractivity contribution in [3.8, 4) is 16.9 Å². The first-order chi connectivity index (χ1) is 19.8. The van der Waals surface area contributed by atoms with Crippen LogP contribution in [0.25, 0.3) is 22.6 Å². The number of rotatable bonds is 5. The lowest BCUT2D eigenvalue weighted by atomic mass is 9.85. The van der Waals surface area contributed by atoms with E-state index in [0.29, 0.717) is 35.6 Å². The summed E-state index contributed by atoms with van der Waals surface area (Å²) in [5.74, 6) is 0.666. The number of aryl methyl sites for hydroxylation is 1. The zero-order valence-corrected chi connectivity index (χ0v) is 22.5. The number of fused-ring (bicyclic) bond motifs is 3. The highest BCUT2D eigenvalue weighted by Gasteiger charge is 2.46. The van der Waals surface area contributed by atoms with Crippen LogP contribution in [0.15, 0.2) is 36.9 Å². The van der Waals surface area contributed by atoms with E-state index in [-0.39, 0.29) is 47.3 Å². The molecule has 14 nitrogen and oxygen atoms in total. The lowest BCUT2D eigenvalue weighted by Gasteiger charge is -2.38. The normalized spacial score (nSPS) is 20.1. The van der Waals surface area contributed by atoms with Gasteiger partial charge in [-0.05, 0) is 57.2 Å². The Kier molecular flexibility index (Phi) is 5.59. The number of nitrogens with one attached hydrogen (secondary N) is 1. The second kappa shape index (κ2) is 9.21. The van der Waals surface area contributed by atoms with Crippen LogP contribution in [-0.2, 0) is 0 Å². The van der Waals surface area contributed by atoms with Crippen LogP contribution in [0.3, 0.4) is 0 Å². The maximum absolute atomic E-state index is 13.2. The molecule has 41 heavy (non-hydrogen) atoms. The van der Waals surface area contributed by atoms with E-state index >= 15 is 0 Å². The van der Waals surface area contributed by atoms with Crippen molar-refractivity contribution in [2.45, 2.75) is 57.5 Å². The van der Waals surface area contributed by atoms with Crippen LogP contribution in [0.4, 0.5) is 11.8 Å². The highest BCUT2D eigenvalue weighted by molar-refractivity contribution is 6.00. The highest BCUT2D eigenvalue weighted by Crippen LogP contribution is 2.45. The number of hydrogen-bond donors (Lipinski definition) is 3. The van der Waals surface area contributed by atoms with Gasteiger partial charge in [0.2, 0.25) is 11.8 Å². The molecule has 1 amide bonds. The predicted octanol–water partition coefficient (Wildman–Crippen LogP) is 2.32. The molecule has 7 heterocycles. The summed E-state index contributed by atoms with van der Waals surface area (Å²) in [6, 6.07) is 3.77. The predicted molar refractivity (Wildman–Crippen MR) is 148 cm³/mol. The van der Waals surface area contributed by atoms with Crippen LogP contribution in [0.5, 0.6) is 0 Å². The minimum absolute atomic E-state index is 0.0244. The number of anilines is 2. The second-order valence-corrected chi connectivity index (χ2v) is 10.8. The molecule has 0 saturated carbocycles. The number of Topliss-reactive ketones (excluding diaryl/α,β-unsaturated/α-hetero) is 1. The maximum Gasteiger partial charge on any atom is 0.291 e. The molecule has 5 N–H and O–H groups in total. The number of carbonyl (C=O) groups is 2. The fraction of sp³-hybridized carbons (Fsp3) is 0.333. The van der Waals surface area contributed by atoms with Crippen molar-refractivity contribution in [1.82, 2.24) is 49.4 Å². The molecule has 14 heteroatoms. The third kappa shape index (κ3) is 4.01. The quantitative estimate of drug-likeness (QED) is 0.273. The summed E-state index contributed by atoms with van der Waals surface area (Å²) in [4.78, 5) is 41.6. The third-order valence-corrected chi connectivity index (χ3v) is 8.13. The summed E-state index contributed by atoms with van der Waals surface area (Å²) in [5, 5.41) is 15.2. The van der Waals surface area contributed by atoms with Crippen molar-refractivity contribution in [2.75, 3.05) is 11.5 Å². The van der Waals surface area contributed by atoms with Crippen LogP contribution < -0.4 is 11.5 Å². The second-order valence-electron chi connectivity index (χ2n) is 10.8. The monoisotopic (exact) mass is 552 g/mol. The Morgan fingerprint density at radius 3 is 2.41 bits per heavy atom. The van der Waals surface area contributed by atoms with E-state index in [1.54, 1.807) is 23.3 Å². The number of hydrogen-bond acceptors (Lipinski definition) is 10. The first-order valence-electron chi connectivity index (χ1n) is 13.4. The molecule has 0 aliphatic carbocycles. The van der Waals surface area contributed by atoms with E-state index in [9.17, 15) is 9.59 Å². The van der Waals surface area contributed by atoms with Crippen LogP contribution >= 0.6 is 0 Å². The maximum atomic E-state index is 13.2. The minimum Gasteiger partial charge on any atom is -0.383 e. The summed E-state index contributed by atoms with van der Waals surface area (Å²) >= 11 is 0. The smallest absolute Gasteiger partial charge is 0.291 e. The molecule has 2 aliphatic heterocycles. The van der Waals surface area contributed by atoms with Gasteiger partial charge < -0.3 is 16.4 Å². The molecule has 2 aliphatic rings. The first-order valence-corrected chi connectivity index (χ1v) is 13.4. The zero-order valence-electron chi connectivity index (χ0n) is 22.5. The number of amides is 1. The van der Waals surface area contributed by atoms with Gasteiger partial charge in [0.05, 0.1) is 23.7 Å². The van der Waals surface area contributed by atoms with Crippen LogP contribution in [-0.4, -0.2) is 73.2 Å². The van der Waals surface area contributed by atoms with Crippen molar-refractivity contribution in [3.05, 3.63) is 59.6 Å². The SMILES string of the molecule is CC(=O)c1c(C2CC3CCC(C2)N3C(=O)c2nc(N)n[nH]2)nc2c(-c3ccc(-n4cc(C)cn4)nc3)cnn2c1N. The standard InChI is InChI=1S/C27H28N12O2/c1-13-9-31-37(12-13)20-6-3-15(10-30-20)19-11-32-39-23(28)21(14(2)40)22(33-25(19)39)16-7-17-4-5-18(8-16)38(17)26(41)24-34-27(29)36-35-24/h3,6,9-12,16-18H,4-5,7-8,28H2,1-2H3,(H3,29,34,35,36). The van der Waals surface area contributed by atoms with Crippen molar-refractivity contribution in [2.24, 2.45) is 0 Å². The van der Waals surface area contributed by atoms with Gasteiger partial charge in [-0.1, -0.05) is 0 Å². The molecule has 0 radical (unpaired) electrons. The molecule has 0 aromatic carbocycles. The summed E-state index contributed by atoms with van der Waals surface area (Å²) in [6.07, 6.45) is 10.1. The van der Waals surface area contributed by atoms with Gasteiger partial charge in [-0.15, -0.1) is 5.10 Å². The first kappa shape index (κ1) is 24.9. The number of aromatic nitrogens is 9. The van der Waals surface area contributed by atoms with Gasteiger partial charge in [0.1, 0.15) is 5.82 Å². The minimum atomic E-state index is -0.214. The topological polar surface area (TPSA) is 192 Å². The number of pyridine rings is 1. The van der Waals surface area contributed by atoms with E-state index in [1.165, 1.54) is 11.4 Å². The van der Waals surface area contributed by atoms with Gasteiger partial charge in [0, 0.05) is 41.5 Å². The molecule has 7 rings (SSSR count). The summed E-state index contributed by atoms with van der Waals surface area (Å²) in [7, 11) is 0. The fourth-order valence-corrected chi connectivity index (χ4v) is 6.34. The van der Waals surface area contributed by atoms with Crippen LogP contribution in [0.2, 0.25) is 0 Å². The number of carbonyl (C=O) groups excluding carboxylic acids is 2. The molecule has 0 spiro atoms. The summed E-state index contributed by atoms with van der Waals surface area (Å²) in [5.41, 5.74) is 16.4. The van der Waals surface area contributed by atoms with E-state index in [4.69, 9.17) is 16.5 Å². The number of nitrogen functional groups attached to an aromatic ring is 2. The Morgan fingerprint density at radius 1 is 1.02 bits per heavy atom. The molecule has 2 unspecified atom stereocenters. The average Bonchev–Trinajstić information content (AvgIpc) is 3.74. The third-order valence-electron chi connectivity index (χ3n) is 8.13. The molecular formula is C27H28N12O2. The van der Waals surface area contributed by atoms with Crippen LogP contribution in [0, 0.1) is 6.92 Å². The molecule has 5 aromatic rings.